The number of halogens is 3. The van der Waals surface area contributed by atoms with Crippen LogP contribution in [0, 0.1) is 0 Å². The minimum atomic E-state index is -4.42. The number of amides is 2. The van der Waals surface area contributed by atoms with Gasteiger partial charge >= 0.3 is 6.18 Å². The van der Waals surface area contributed by atoms with Crippen LogP contribution in [0.4, 0.5) is 24.7 Å². The van der Waals surface area contributed by atoms with Crippen LogP contribution in [0.2, 0.25) is 0 Å². The zero-order valence-corrected chi connectivity index (χ0v) is 19.5. The molecule has 0 bridgehead atoms. The normalized spacial score (nSPS) is 14.4. The van der Waals surface area contributed by atoms with Crippen molar-refractivity contribution in [1.82, 2.24) is 15.2 Å². The number of nitrogens with zero attached hydrogens (tertiary/aromatic N) is 3. The summed E-state index contributed by atoms with van der Waals surface area (Å²) in [4.78, 5) is 33.2. The van der Waals surface area contributed by atoms with E-state index in [9.17, 15) is 22.8 Å². The molecule has 2 aromatic carbocycles. The first-order valence-corrected chi connectivity index (χ1v) is 11.5. The van der Waals surface area contributed by atoms with Gasteiger partial charge in [0, 0.05) is 38.9 Å². The molecular weight excluding hydrogens is 471 g/mol. The molecule has 0 saturated carbocycles. The standard InChI is InChI=1S/C26H26F3N5O2/c27-26(28,29)20-10-11-23(30-17-20)34-14-12-33(13-15-34)18-24(35)32-22-9-5-4-8-21(22)25(36)31-16-19-6-2-1-3-7-19/h1-11,17H,12-16,18H2,(H,31,36)(H,32,35). The highest BCUT2D eigenvalue weighted by atomic mass is 19.4. The van der Waals surface area contributed by atoms with E-state index in [0.29, 0.717) is 49.8 Å². The van der Waals surface area contributed by atoms with Gasteiger partial charge in [0.25, 0.3) is 5.91 Å². The molecule has 10 heteroatoms. The number of carbonyl (C=O) groups excluding carboxylic acids is 2. The van der Waals surface area contributed by atoms with Crippen LogP contribution in [0.15, 0.2) is 72.9 Å². The average Bonchev–Trinajstić information content (AvgIpc) is 2.88. The van der Waals surface area contributed by atoms with Crippen molar-refractivity contribution in [3.8, 4) is 0 Å². The molecule has 1 aliphatic heterocycles. The summed E-state index contributed by atoms with van der Waals surface area (Å²) >= 11 is 0. The van der Waals surface area contributed by atoms with E-state index in [2.05, 4.69) is 15.6 Å². The van der Waals surface area contributed by atoms with Gasteiger partial charge in [-0.3, -0.25) is 14.5 Å². The second-order valence-corrected chi connectivity index (χ2v) is 8.43. The highest BCUT2D eigenvalue weighted by Crippen LogP contribution is 2.29. The predicted molar refractivity (Wildman–Crippen MR) is 131 cm³/mol. The third kappa shape index (κ3) is 6.60. The van der Waals surface area contributed by atoms with Crippen LogP contribution < -0.4 is 15.5 Å². The van der Waals surface area contributed by atoms with Crippen LogP contribution in [0.1, 0.15) is 21.5 Å². The van der Waals surface area contributed by atoms with E-state index in [1.54, 1.807) is 24.3 Å². The maximum absolute atomic E-state index is 12.7. The lowest BCUT2D eigenvalue weighted by Gasteiger charge is -2.35. The summed E-state index contributed by atoms with van der Waals surface area (Å²) in [7, 11) is 0. The summed E-state index contributed by atoms with van der Waals surface area (Å²) in [5, 5.41) is 5.69. The van der Waals surface area contributed by atoms with Crippen LogP contribution in [0.5, 0.6) is 0 Å². The molecule has 0 atom stereocenters. The molecule has 3 aromatic rings. The molecular formula is C26H26F3N5O2. The summed E-state index contributed by atoms with van der Waals surface area (Å²) in [5.41, 5.74) is 0.995. The van der Waals surface area contributed by atoms with Gasteiger partial charge in [-0.15, -0.1) is 0 Å². The second-order valence-electron chi connectivity index (χ2n) is 8.43. The molecule has 1 aliphatic rings. The van der Waals surface area contributed by atoms with Gasteiger partial charge < -0.3 is 15.5 Å². The topological polar surface area (TPSA) is 77.6 Å². The van der Waals surface area contributed by atoms with Crippen molar-refractivity contribution < 1.29 is 22.8 Å². The number of benzene rings is 2. The Bertz CT molecular complexity index is 1180. The minimum Gasteiger partial charge on any atom is -0.354 e. The number of nitrogens with one attached hydrogen (secondary N) is 2. The quantitative estimate of drug-likeness (QED) is 0.520. The molecule has 2 heterocycles. The fourth-order valence-corrected chi connectivity index (χ4v) is 3.93. The van der Waals surface area contributed by atoms with Crippen molar-refractivity contribution in [1.29, 1.82) is 0 Å². The minimum absolute atomic E-state index is 0.133. The SMILES string of the molecule is O=C(CN1CCN(c2ccc(C(F)(F)F)cn2)CC1)Nc1ccccc1C(=O)NCc1ccccc1. The van der Waals surface area contributed by atoms with Crippen LogP contribution in [0.3, 0.4) is 0 Å². The van der Waals surface area contributed by atoms with E-state index in [1.165, 1.54) is 6.07 Å². The molecule has 4 rings (SSSR count). The lowest BCUT2D eigenvalue weighted by Crippen LogP contribution is -2.49. The lowest BCUT2D eigenvalue weighted by molar-refractivity contribution is -0.137. The first-order chi connectivity index (χ1) is 17.3. The van der Waals surface area contributed by atoms with Crippen molar-refractivity contribution >= 4 is 23.3 Å². The summed E-state index contributed by atoms with van der Waals surface area (Å²) in [6.45, 7) is 2.67. The number of alkyl halides is 3. The Kier molecular flexibility index (Phi) is 7.84. The molecule has 2 N–H and O–H groups in total. The Balaban J connectivity index is 1.28. The fourth-order valence-electron chi connectivity index (χ4n) is 3.93. The zero-order chi connectivity index (χ0) is 25.5. The molecule has 1 aromatic heterocycles. The molecule has 7 nitrogen and oxygen atoms in total. The van der Waals surface area contributed by atoms with E-state index < -0.39 is 11.7 Å². The average molecular weight is 498 g/mol. The Hall–Kier alpha value is -3.92. The summed E-state index contributed by atoms with van der Waals surface area (Å²) in [6.07, 6.45) is -3.58. The highest BCUT2D eigenvalue weighted by molar-refractivity contribution is 6.04. The number of anilines is 2. The molecule has 1 fully saturated rings. The first kappa shape index (κ1) is 25.2. The third-order valence-electron chi connectivity index (χ3n) is 5.88. The van der Waals surface area contributed by atoms with Crippen molar-refractivity contribution in [3.05, 3.63) is 89.6 Å². The largest absolute Gasteiger partial charge is 0.417 e. The molecule has 1 saturated heterocycles. The number of hydrogen-bond acceptors (Lipinski definition) is 5. The molecule has 0 aliphatic carbocycles. The van der Waals surface area contributed by atoms with Crippen molar-refractivity contribution in [2.45, 2.75) is 12.7 Å². The molecule has 0 radical (unpaired) electrons. The van der Waals surface area contributed by atoms with E-state index in [-0.39, 0.29) is 18.4 Å². The molecule has 36 heavy (non-hydrogen) atoms. The number of rotatable bonds is 7. The molecule has 188 valence electrons. The number of hydrogen-bond donors (Lipinski definition) is 2. The van der Waals surface area contributed by atoms with Gasteiger partial charge in [-0.2, -0.15) is 13.2 Å². The summed E-state index contributed by atoms with van der Waals surface area (Å²) < 4.78 is 38.2. The Morgan fingerprint density at radius 1 is 0.889 bits per heavy atom. The Morgan fingerprint density at radius 2 is 1.58 bits per heavy atom. The van der Waals surface area contributed by atoms with Gasteiger partial charge in [-0.25, -0.2) is 4.98 Å². The van der Waals surface area contributed by atoms with Crippen LogP contribution >= 0.6 is 0 Å². The predicted octanol–water partition coefficient (Wildman–Crippen LogP) is 3.79. The Morgan fingerprint density at radius 3 is 2.25 bits per heavy atom. The van der Waals surface area contributed by atoms with Gasteiger partial charge in [0.15, 0.2) is 0 Å². The summed E-state index contributed by atoms with van der Waals surface area (Å²) in [6, 6.07) is 18.8. The maximum atomic E-state index is 12.7. The first-order valence-electron chi connectivity index (χ1n) is 11.5. The van der Waals surface area contributed by atoms with E-state index in [4.69, 9.17) is 0 Å². The van der Waals surface area contributed by atoms with E-state index in [1.807, 2.05) is 40.1 Å². The molecule has 0 spiro atoms. The third-order valence-corrected chi connectivity index (χ3v) is 5.88. The number of aromatic nitrogens is 1. The van der Waals surface area contributed by atoms with Crippen molar-refractivity contribution in [3.63, 3.8) is 0 Å². The monoisotopic (exact) mass is 497 g/mol. The van der Waals surface area contributed by atoms with Gasteiger partial charge in [-0.05, 0) is 29.8 Å². The highest BCUT2D eigenvalue weighted by Gasteiger charge is 2.31. The van der Waals surface area contributed by atoms with Crippen LogP contribution in [-0.4, -0.2) is 54.4 Å². The smallest absolute Gasteiger partial charge is 0.354 e. The van der Waals surface area contributed by atoms with Crippen molar-refractivity contribution in [2.75, 3.05) is 42.9 Å². The van der Waals surface area contributed by atoms with Gasteiger partial charge in [0.05, 0.1) is 23.4 Å². The summed E-state index contributed by atoms with van der Waals surface area (Å²) in [5.74, 6) is -0.0608. The number of piperazine rings is 1. The molecule has 0 unspecified atom stereocenters. The van der Waals surface area contributed by atoms with Crippen molar-refractivity contribution in [2.24, 2.45) is 0 Å². The van der Waals surface area contributed by atoms with Gasteiger partial charge in [-0.1, -0.05) is 42.5 Å². The van der Waals surface area contributed by atoms with Crippen LogP contribution in [-0.2, 0) is 17.5 Å². The fraction of sp³-hybridized carbons (Fsp3) is 0.269. The van der Waals surface area contributed by atoms with Gasteiger partial charge in [0.2, 0.25) is 5.91 Å². The Labute approximate surface area is 206 Å². The number of para-hydroxylation sites is 1. The van der Waals surface area contributed by atoms with E-state index in [0.717, 1.165) is 17.8 Å². The number of carbonyl (C=O) groups is 2. The maximum Gasteiger partial charge on any atom is 0.417 e. The number of pyridine rings is 1. The van der Waals surface area contributed by atoms with Gasteiger partial charge in [0.1, 0.15) is 5.82 Å². The lowest BCUT2D eigenvalue weighted by atomic mass is 10.1. The van der Waals surface area contributed by atoms with Crippen LogP contribution in [0.25, 0.3) is 0 Å². The zero-order valence-electron chi connectivity index (χ0n) is 19.5. The molecule has 2 amide bonds. The van der Waals surface area contributed by atoms with E-state index >= 15 is 0 Å². The second kappa shape index (κ2) is 11.2.